The lowest BCUT2D eigenvalue weighted by atomic mass is 9.75. The van der Waals surface area contributed by atoms with Crippen molar-refractivity contribution in [3.05, 3.63) is 41.5 Å². The Labute approximate surface area is 181 Å². The fourth-order valence-electron chi connectivity index (χ4n) is 4.34. The highest BCUT2D eigenvalue weighted by molar-refractivity contribution is 7.99. The summed E-state index contributed by atoms with van der Waals surface area (Å²) in [4.78, 5) is 22.7. The van der Waals surface area contributed by atoms with Gasteiger partial charge in [-0.2, -0.15) is 0 Å². The molecule has 1 aliphatic rings. The standard InChI is InChI=1S/C23H29N5OS/c1-5-25-8-9-30-21-16(7-6-15-20(21)26-13-27-22(15)24)28-12-14(2)19-17(28)10-23(3,4)11-18(19)29/h6-7,12-13,25H,5,8-11H2,1-4H3,(H2,24,26,27). The minimum atomic E-state index is -0.0472. The van der Waals surface area contributed by atoms with Crippen molar-refractivity contribution in [3.63, 3.8) is 0 Å². The first-order valence-electron chi connectivity index (χ1n) is 10.4. The van der Waals surface area contributed by atoms with Crippen molar-refractivity contribution in [2.24, 2.45) is 5.41 Å². The van der Waals surface area contributed by atoms with Crippen LogP contribution in [0.4, 0.5) is 5.82 Å². The first kappa shape index (κ1) is 20.9. The number of aromatic nitrogens is 3. The van der Waals surface area contributed by atoms with Crippen LogP contribution in [0.25, 0.3) is 16.6 Å². The predicted molar refractivity (Wildman–Crippen MR) is 124 cm³/mol. The lowest BCUT2D eigenvalue weighted by Crippen LogP contribution is -2.28. The van der Waals surface area contributed by atoms with Crippen LogP contribution < -0.4 is 11.1 Å². The summed E-state index contributed by atoms with van der Waals surface area (Å²) in [5.41, 5.74) is 11.0. The number of benzene rings is 1. The van der Waals surface area contributed by atoms with Gasteiger partial charge in [-0.1, -0.05) is 20.8 Å². The highest BCUT2D eigenvalue weighted by atomic mass is 32.2. The normalized spacial score (nSPS) is 15.5. The van der Waals surface area contributed by atoms with Crippen molar-refractivity contribution in [2.45, 2.75) is 45.4 Å². The molecule has 0 amide bonds. The molecular formula is C23H29N5OS. The molecule has 2 heterocycles. The first-order chi connectivity index (χ1) is 14.3. The van der Waals surface area contributed by atoms with Crippen LogP contribution in [0.1, 0.15) is 48.8 Å². The van der Waals surface area contributed by atoms with Crippen LogP contribution in [0.2, 0.25) is 0 Å². The second kappa shape index (κ2) is 8.04. The molecule has 3 N–H and O–H groups in total. The minimum Gasteiger partial charge on any atom is -0.383 e. The summed E-state index contributed by atoms with van der Waals surface area (Å²) in [6.07, 6.45) is 5.09. The summed E-state index contributed by atoms with van der Waals surface area (Å²) in [6.45, 7) is 10.3. The van der Waals surface area contributed by atoms with Gasteiger partial charge in [0.05, 0.1) is 16.1 Å². The number of thioether (sulfide) groups is 1. The van der Waals surface area contributed by atoms with E-state index in [-0.39, 0.29) is 11.2 Å². The zero-order chi connectivity index (χ0) is 21.5. The van der Waals surface area contributed by atoms with Gasteiger partial charge in [-0.15, -0.1) is 11.8 Å². The zero-order valence-corrected chi connectivity index (χ0v) is 18.9. The van der Waals surface area contributed by atoms with Crippen LogP contribution in [0.15, 0.2) is 29.6 Å². The van der Waals surface area contributed by atoms with Gasteiger partial charge in [-0.3, -0.25) is 4.79 Å². The van der Waals surface area contributed by atoms with Crippen LogP contribution in [-0.4, -0.2) is 39.2 Å². The number of carbonyl (C=O) groups excluding carboxylic acids is 1. The van der Waals surface area contributed by atoms with Crippen molar-refractivity contribution in [1.82, 2.24) is 19.9 Å². The Kier molecular flexibility index (Phi) is 5.59. The van der Waals surface area contributed by atoms with Gasteiger partial charge in [0.15, 0.2) is 5.78 Å². The Hall–Kier alpha value is -2.38. The maximum absolute atomic E-state index is 12.9. The number of hydrogen-bond acceptors (Lipinski definition) is 6. The average Bonchev–Trinajstić information content (AvgIpc) is 3.00. The molecule has 0 saturated carbocycles. The Morgan fingerprint density at radius 2 is 2.07 bits per heavy atom. The molecule has 3 aromatic rings. The fraction of sp³-hybridized carbons (Fsp3) is 0.435. The molecule has 0 atom stereocenters. The van der Waals surface area contributed by atoms with Crippen LogP contribution in [0.3, 0.4) is 0 Å². The SMILES string of the molecule is CCNCCSc1c(-n2cc(C)c3c2CC(C)(C)CC3=O)ccc2c(N)ncnc12. The van der Waals surface area contributed by atoms with E-state index in [1.54, 1.807) is 11.8 Å². The number of anilines is 1. The highest BCUT2D eigenvalue weighted by Gasteiger charge is 2.35. The van der Waals surface area contributed by atoms with E-state index in [0.717, 1.165) is 63.6 Å². The third kappa shape index (κ3) is 3.72. The Balaban J connectivity index is 1.89. The second-order valence-electron chi connectivity index (χ2n) is 8.72. The molecule has 4 rings (SSSR count). The summed E-state index contributed by atoms with van der Waals surface area (Å²) in [6, 6.07) is 4.08. The number of nitrogens with zero attached hydrogens (tertiary/aromatic N) is 3. The van der Waals surface area contributed by atoms with Gasteiger partial charge in [0.25, 0.3) is 0 Å². The molecule has 0 radical (unpaired) electrons. The average molecular weight is 424 g/mol. The third-order valence-electron chi connectivity index (χ3n) is 5.67. The smallest absolute Gasteiger partial charge is 0.165 e. The van der Waals surface area contributed by atoms with Gasteiger partial charge < -0.3 is 15.6 Å². The molecule has 0 bridgehead atoms. The van der Waals surface area contributed by atoms with E-state index in [4.69, 9.17) is 5.73 Å². The number of fused-ring (bicyclic) bond motifs is 2. The lowest BCUT2D eigenvalue weighted by Gasteiger charge is -2.30. The van der Waals surface area contributed by atoms with Crippen LogP contribution >= 0.6 is 11.8 Å². The van der Waals surface area contributed by atoms with Crippen molar-refractivity contribution in [1.29, 1.82) is 0 Å². The molecule has 30 heavy (non-hydrogen) atoms. The van der Waals surface area contributed by atoms with Crippen molar-refractivity contribution >= 4 is 34.3 Å². The van der Waals surface area contributed by atoms with Gasteiger partial charge in [0.2, 0.25) is 0 Å². The number of aryl methyl sites for hydroxylation is 1. The second-order valence-corrected chi connectivity index (χ2v) is 9.82. The van der Waals surface area contributed by atoms with E-state index in [9.17, 15) is 4.79 Å². The van der Waals surface area contributed by atoms with Gasteiger partial charge >= 0.3 is 0 Å². The Bertz CT molecular complexity index is 1120. The number of nitrogens with two attached hydrogens (primary N) is 1. The molecule has 0 fully saturated rings. The maximum atomic E-state index is 12.9. The molecular weight excluding hydrogens is 394 g/mol. The van der Waals surface area contributed by atoms with Crippen LogP contribution in [-0.2, 0) is 6.42 Å². The summed E-state index contributed by atoms with van der Waals surface area (Å²) in [7, 11) is 0. The molecule has 0 spiro atoms. The zero-order valence-electron chi connectivity index (χ0n) is 18.1. The summed E-state index contributed by atoms with van der Waals surface area (Å²) < 4.78 is 2.21. The number of rotatable bonds is 6. The molecule has 158 valence electrons. The number of hydrogen-bond donors (Lipinski definition) is 2. The van der Waals surface area contributed by atoms with E-state index in [1.807, 2.05) is 13.0 Å². The molecule has 1 aliphatic carbocycles. The largest absolute Gasteiger partial charge is 0.383 e. The Morgan fingerprint density at radius 3 is 2.83 bits per heavy atom. The summed E-state index contributed by atoms with van der Waals surface area (Å²) in [5, 5.41) is 4.24. The van der Waals surface area contributed by atoms with Crippen molar-refractivity contribution < 1.29 is 4.79 Å². The first-order valence-corrected chi connectivity index (χ1v) is 11.4. The van der Waals surface area contributed by atoms with E-state index in [1.165, 1.54) is 6.33 Å². The van der Waals surface area contributed by atoms with E-state index in [2.05, 4.69) is 52.9 Å². The highest BCUT2D eigenvalue weighted by Crippen LogP contribution is 2.41. The summed E-state index contributed by atoms with van der Waals surface area (Å²) in [5.74, 6) is 1.64. The fourth-order valence-corrected chi connectivity index (χ4v) is 5.40. The third-order valence-corrected chi connectivity index (χ3v) is 6.76. The molecule has 7 heteroatoms. The summed E-state index contributed by atoms with van der Waals surface area (Å²) >= 11 is 1.77. The monoisotopic (exact) mass is 423 g/mol. The van der Waals surface area contributed by atoms with Gasteiger partial charge in [0.1, 0.15) is 12.1 Å². The van der Waals surface area contributed by atoms with Crippen molar-refractivity contribution in [3.8, 4) is 5.69 Å². The molecule has 2 aromatic heterocycles. The van der Waals surface area contributed by atoms with E-state index >= 15 is 0 Å². The molecule has 1 aromatic carbocycles. The maximum Gasteiger partial charge on any atom is 0.165 e. The van der Waals surface area contributed by atoms with Gasteiger partial charge in [-0.05, 0) is 43.0 Å². The molecule has 6 nitrogen and oxygen atoms in total. The van der Waals surface area contributed by atoms with E-state index < -0.39 is 0 Å². The molecule has 0 aliphatic heterocycles. The number of ketones is 1. The number of nitrogens with one attached hydrogen (secondary N) is 1. The Morgan fingerprint density at radius 1 is 1.27 bits per heavy atom. The van der Waals surface area contributed by atoms with E-state index in [0.29, 0.717) is 12.2 Å². The van der Waals surface area contributed by atoms with Crippen molar-refractivity contribution in [2.75, 3.05) is 24.6 Å². The minimum absolute atomic E-state index is 0.0472. The predicted octanol–water partition coefficient (Wildman–Crippen LogP) is 4.17. The number of carbonyl (C=O) groups is 1. The van der Waals surface area contributed by atoms with Gasteiger partial charge in [0, 0.05) is 41.6 Å². The van der Waals surface area contributed by atoms with Crippen LogP contribution in [0, 0.1) is 12.3 Å². The number of nitrogen functional groups attached to an aromatic ring is 1. The lowest BCUT2D eigenvalue weighted by molar-refractivity contribution is 0.0910. The quantitative estimate of drug-likeness (QED) is 0.457. The van der Waals surface area contributed by atoms with Crippen LogP contribution in [0.5, 0.6) is 0 Å². The number of Topliss-reactive ketones (excluding diaryl/α,β-unsaturated/α-hetero) is 1. The molecule has 0 unspecified atom stereocenters. The molecule has 0 saturated heterocycles. The topological polar surface area (TPSA) is 85.8 Å². The van der Waals surface area contributed by atoms with Gasteiger partial charge in [-0.25, -0.2) is 9.97 Å².